The van der Waals surface area contributed by atoms with Crippen LogP contribution in [0.3, 0.4) is 0 Å². The first-order chi connectivity index (χ1) is 9.97. The molecular formula is C14H7F3N2O2. The van der Waals surface area contributed by atoms with Crippen LogP contribution in [0.15, 0.2) is 36.7 Å². The Morgan fingerprint density at radius 1 is 1.05 bits per heavy atom. The second kappa shape index (κ2) is 4.62. The van der Waals surface area contributed by atoms with Crippen LogP contribution in [0.4, 0.5) is 13.2 Å². The molecule has 0 saturated heterocycles. The molecule has 0 aliphatic heterocycles. The van der Waals surface area contributed by atoms with E-state index in [1.165, 1.54) is 29.1 Å². The van der Waals surface area contributed by atoms with Gasteiger partial charge in [0.2, 0.25) is 0 Å². The summed E-state index contributed by atoms with van der Waals surface area (Å²) >= 11 is 0. The normalized spacial score (nSPS) is 11.0. The summed E-state index contributed by atoms with van der Waals surface area (Å²) in [5.41, 5.74) is 0.412. The molecule has 0 aliphatic rings. The highest BCUT2D eigenvalue weighted by molar-refractivity contribution is 5.92. The summed E-state index contributed by atoms with van der Waals surface area (Å²) in [6.07, 6.45) is 1.21. The van der Waals surface area contributed by atoms with E-state index in [0.717, 1.165) is 0 Å². The third-order valence-corrected chi connectivity index (χ3v) is 3.04. The number of nitrogens with zero attached hydrogens (tertiary/aromatic N) is 2. The molecule has 4 nitrogen and oxygen atoms in total. The molecule has 0 saturated carbocycles. The minimum Gasteiger partial charge on any atom is -0.478 e. The number of halogens is 3. The van der Waals surface area contributed by atoms with Crippen molar-refractivity contribution in [2.75, 3.05) is 0 Å². The summed E-state index contributed by atoms with van der Waals surface area (Å²) in [6, 6.07) is 5.21. The predicted octanol–water partition coefficient (Wildman–Crippen LogP) is 3.14. The molecule has 3 aromatic rings. The van der Waals surface area contributed by atoms with Crippen molar-refractivity contribution in [3.8, 4) is 5.69 Å². The van der Waals surface area contributed by atoms with E-state index in [9.17, 15) is 18.0 Å². The largest absolute Gasteiger partial charge is 0.478 e. The summed E-state index contributed by atoms with van der Waals surface area (Å²) in [5.74, 6) is -4.64. The summed E-state index contributed by atoms with van der Waals surface area (Å²) in [6.45, 7) is 0. The Balaban J connectivity index is 2.27. The van der Waals surface area contributed by atoms with Gasteiger partial charge in [-0.25, -0.2) is 22.9 Å². The van der Waals surface area contributed by atoms with Crippen LogP contribution in [0, 0.1) is 17.5 Å². The third-order valence-electron chi connectivity index (χ3n) is 3.04. The number of rotatable bonds is 2. The van der Waals surface area contributed by atoms with E-state index in [-0.39, 0.29) is 16.8 Å². The number of fused-ring (bicyclic) bond motifs is 1. The van der Waals surface area contributed by atoms with Crippen molar-refractivity contribution in [1.82, 2.24) is 9.55 Å². The van der Waals surface area contributed by atoms with Crippen molar-refractivity contribution in [3.63, 3.8) is 0 Å². The van der Waals surface area contributed by atoms with E-state index in [2.05, 4.69) is 4.98 Å². The minimum absolute atomic E-state index is 0.0211. The van der Waals surface area contributed by atoms with Crippen molar-refractivity contribution in [2.45, 2.75) is 0 Å². The fourth-order valence-corrected chi connectivity index (χ4v) is 2.03. The van der Waals surface area contributed by atoms with Crippen LogP contribution < -0.4 is 0 Å². The molecule has 0 aliphatic carbocycles. The molecule has 1 N–H and O–H groups in total. The molecule has 0 fully saturated rings. The molecule has 1 heterocycles. The van der Waals surface area contributed by atoms with Gasteiger partial charge in [0.1, 0.15) is 12.1 Å². The van der Waals surface area contributed by atoms with Crippen molar-refractivity contribution < 1.29 is 23.1 Å². The van der Waals surface area contributed by atoms with Crippen molar-refractivity contribution in [1.29, 1.82) is 0 Å². The maximum Gasteiger partial charge on any atom is 0.335 e. The van der Waals surface area contributed by atoms with Gasteiger partial charge in [0.25, 0.3) is 0 Å². The van der Waals surface area contributed by atoms with E-state index < -0.39 is 23.4 Å². The molecule has 2 aromatic carbocycles. The highest BCUT2D eigenvalue weighted by atomic mass is 19.2. The van der Waals surface area contributed by atoms with Gasteiger partial charge in [0.05, 0.1) is 22.3 Å². The molecular weight excluding hydrogens is 285 g/mol. The molecule has 0 unspecified atom stereocenters. The second-order valence-corrected chi connectivity index (χ2v) is 4.34. The lowest BCUT2D eigenvalue weighted by Crippen LogP contribution is -2.01. The number of carboxylic acids is 1. The number of carboxylic acid groups (broad SMARTS) is 1. The number of benzene rings is 2. The zero-order chi connectivity index (χ0) is 15.1. The zero-order valence-electron chi connectivity index (χ0n) is 10.3. The zero-order valence-corrected chi connectivity index (χ0v) is 10.3. The van der Waals surface area contributed by atoms with Crippen LogP contribution in [-0.2, 0) is 0 Å². The lowest BCUT2D eigenvalue weighted by molar-refractivity contribution is 0.0697. The van der Waals surface area contributed by atoms with Crippen LogP contribution in [0.5, 0.6) is 0 Å². The molecule has 0 bridgehead atoms. The summed E-state index contributed by atoms with van der Waals surface area (Å²) in [5, 5.41) is 8.97. The minimum atomic E-state index is -1.30. The van der Waals surface area contributed by atoms with E-state index >= 15 is 0 Å². The average Bonchev–Trinajstić information content (AvgIpc) is 2.85. The highest BCUT2D eigenvalue weighted by Gasteiger charge is 2.15. The number of hydrogen-bond donors (Lipinski definition) is 1. The number of carbonyl (C=O) groups is 1. The first-order valence-electron chi connectivity index (χ1n) is 5.82. The van der Waals surface area contributed by atoms with Crippen LogP contribution in [0.2, 0.25) is 0 Å². The first kappa shape index (κ1) is 13.2. The first-order valence-corrected chi connectivity index (χ1v) is 5.82. The third kappa shape index (κ3) is 2.12. The lowest BCUT2D eigenvalue weighted by Gasteiger charge is -2.07. The van der Waals surface area contributed by atoms with E-state index in [1.807, 2.05) is 0 Å². The van der Waals surface area contributed by atoms with Gasteiger partial charge in [-0.3, -0.25) is 4.57 Å². The van der Waals surface area contributed by atoms with E-state index in [1.54, 1.807) is 0 Å². The van der Waals surface area contributed by atoms with Crippen molar-refractivity contribution in [3.05, 3.63) is 59.7 Å². The average molecular weight is 292 g/mol. The van der Waals surface area contributed by atoms with Crippen LogP contribution in [0.1, 0.15) is 10.4 Å². The van der Waals surface area contributed by atoms with Crippen LogP contribution in [0.25, 0.3) is 16.7 Å². The van der Waals surface area contributed by atoms with Gasteiger partial charge in [0.15, 0.2) is 11.6 Å². The Bertz CT molecular complexity index is 874. The Hall–Kier alpha value is -2.83. The molecule has 7 heteroatoms. The maximum absolute atomic E-state index is 13.8. The van der Waals surface area contributed by atoms with Gasteiger partial charge in [-0.2, -0.15) is 0 Å². The highest BCUT2D eigenvalue weighted by Crippen LogP contribution is 2.23. The predicted molar refractivity (Wildman–Crippen MR) is 67.9 cm³/mol. The smallest absolute Gasteiger partial charge is 0.335 e. The Labute approximate surface area is 116 Å². The Morgan fingerprint density at radius 3 is 2.48 bits per heavy atom. The van der Waals surface area contributed by atoms with Crippen LogP contribution in [-0.4, -0.2) is 20.6 Å². The molecule has 0 atom stereocenters. The molecule has 21 heavy (non-hydrogen) atoms. The van der Waals surface area contributed by atoms with Gasteiger partial charge in [-0.15, -0.1) is 0 Å². The van der Waals surface area contributed by atoms with E-state index in [4.69, 9.17) is 5.11 Å². The van der Waals surface area contributed by atoms with Gasteiger partial charge in [-0.1, -0.05) is 0 Å². The Kier molecular flexibility index (Phi) is 2.90. The van der Waals surface area contributed by atoms with Crippen LogP contribution >= 0.6 is 0 Å². The summed E-state index contributed by atoms with van der Waals surface area (Å²) in [7, 11) is 0. The molecule has 3 rings (SSSR count). The molecule has 0 amide bonds. The van der Waals surface area contributed by atoms with Crippen molar-refractivity contribution in [2.24, 2.45) is 0 Å². The summed E-state index contributed by atoms with van der Waals surface area (Å²) in [4.78, 5) is 14.9. The lowest BCUT2D eigenvalue weighted by atomic mass is 10.2. The van der Waals surface area contributed by atoms with E-state index in [0.29, 0.717) is 17.6 Å². The number of hydrogen-bond acceptors (Lipinski definition) is 2. The number of aromatic carboxylic acids is 1. The Morgan fingerprint density at radius 2 is 1.76 bits per heavy atom. The molecule has 106 valence electrons. The van der Waals surface area contributed by atoms with Crippen molar-refractivity contribution >= 4 is 17.0 Å². The molecule has 0 radical (unpaired) electrons. The number of aromatic nitrogens is 2. The fourth-order valence-electron chi connectivity index (χ4n) is 2.03. The van der Waals surface area contributed by atoms with Gasteiger partial charge < -0.3 is 5.11 Å². The quantitative estimate of drug-likeness (QED) is 0.738. The maximum atomic E-state index is 13.8. The monoisotopic (exact) mass is 292 g/mol. The summed E-state index contributed by atoms with van der Waals surface area (Å²) < 4.78 is 41.2. The molecule has 1 aromatic heterocycles. The number of imidazole rings is 1. The topological polar surface area (TPSA) is 55.1 Å². The fraction of sp³-hybridized carbons (Fsp3) is 0. The standard InChI is InChI=1S/C14H7F3N2O2/c15-8-4-10(17)12(5-9(8)16)19-6-18-11-2-1-7(14(20)21)3-13(11)19/h1-6H,(H,20,21). The van der Waals surface area contributed by atoms with Gasteiger partial charge in [0, 0.05) is 12.1 Å². The van der Waals surface area contributed by atoms with Gasteiger partial charge >= 0.3 is 5.97 Å². The molecule has 0 spiro atoms. The van der Waals surface area contributed by atoms with Gasteiger partial charge in [-0.05, 0) is 18.2 Å². The SMILES string of the molecule is O=C(O)c1ccc2ncn(-c3cc(F)c(F)cc3F)c2c1. The second-order valence-electron chi connectivity index (χ2n) is 4.34.